The Balaban J connectivity index is 1.73. The Morgan fingerprint density at radius 3 is 2.65 bits per heavy atom. The molecule has 5 heteroatoms. The number of nitrogens with two attached hydrogens (primary N) is 1. The van der Waals surface area contributed by atoms with Crippen LogP contribution < -0.4 is 5.73 Å². The Hall–Kier alpha value is -1.64. The summed E-state index contributed by atoms with van der Waals surface area (Å²) in [6.45, 7) is 0.720. The summed E-state index contributed by atoms with van der Waals surface area (Å²) in [4.78, 5) is 26.9. The van der Waals surface area contributed by atoms with Gasteiger partial charge in [-0.1, -0.05) is 18.3 Å². The van der Waals surface area contributed by atoms with Crippen LogP contribution in [0.3, 0.4) is 0 Å². The van der Waals surface area contributed by atoms with Crippen LogP contribution in [0.2, 0.25) is 0 Å². The second-order valence-corrected chi connectivity index (χ2v) is 6.21. The van der Waals surface area contributed by atoms with Crippen molar-refractivity contribution in [1.82, 2.24) is 4.90 Å². The molecule has 1 aliphatic carbocycles. The highest BCUT2D eigenvalue weighted by atomic mass is 32.1. The SMILES string of the molecule is NCC#Cc1csc(CN2C(=O)C3CCCC3C2=O)c1. The van der Waals surface area contributed by atoms with Gasteiger partial charge in [-0.25, -0.2) is 0 Å². The van der Waals surface area contributed by atoms with E-state index < -0.39 is 0 Å². The Kier molecular flexibility index (Phi) is 3.60. The molecule has 2 amide bonds. The first-order valence-corrected chi connectivity index (χ1v) is 7.70. The first-order valence-electron chi connectivity index (χ1n) is 6.82. The van der Waals surface area contributed by atoms with E-state index in [1.54, 1.807) is 0 Å². The van der Waals surface area contributed by atoms with E-state index in [0.29, 0.717) is 13.1 Å². The number of rotatable bonds is 2. The largest absolute Gasteiger partial charge is 0.320 e. The normalized spacial score (nSPS) is 24.8. The van der Waals surface area contributed by atoms with Crippen LogP contribution in [0, 0.1) is 23.7 Å². The van der Waals surface area contributed by atoms with Crippen molar-refractivity contribution in [3.8, 4) is 11.8 Å². The predicted octanol–water partition coefficient (Wildman–Crippen LogP) is 1.34. The van der Waals surface area contributed by atoms with Crippen LogP contribution in [-0.4, -0.2) is 23.3 Å². The molecule has 1 aromatic rings. The van der Waals surface area contributed by atoms with Gasteiger partial charge in [0.25, 0.3) is 0 Å². The highest BCUT2D eigenvalue weighted by Gasteiger charge is 2.49. The van der Waals surface area contributed by atoms with Gasteiger partial charge in [-0.15, -0.1) is 11.3 Å². The smallest absolute Gasteiger partial charge is 0.233 e. The van der Waals surface area contributed by atoms with Gasteiger partial charge in [0, 0.05) is 15.8 Å². The molecule has 2 atom stereocenters. The number of hydrogen-bond acceptors (Lipinski definition) is 4. The highest BCUT2D eigenvalue weighted by Crippen LogP contribution is 2.40. The molecule has 1 saturated carbocycles. The van der Waals surface area contributed by atoms with Gasteiger partial charge in [0.1, 0.15) is 0 Å². The number of amides is 2. The van der Waals surface area contributed by atoms with E-state index in [-0.39, 0.29) is 23.7 Å². The molecule has 2 N–H and O–H groups in total. The number of imide groups is 1. The van der Waals surface area contributed by atoms with Crippen molar-refractivity contribution in [3.05, 3.63) is 21.9 Å². The minimum Gasteiger partial charge on any atom is -0.320 e. The van der Waals surface area contributed by atoms with Crippen molar-refractivity contribution in [1.29, 1.82) is 0 Å². The maximum atomic E-state index is 12.2. The lowest BCUT2D eigenvalue weighted by molar-refractivity contribution is -0.140. The summed E-state index contributed by atoms with van der Waals surface area (Å²) in [5.74, 6) is 5.67. The van der Waals surface area contributed by atoms with E-state index >= 15 is 0 Å². The summed E-state index contributed by atoms with van der Waals surface area (Å²) >= 11 is 1.53. The maximum Gasteiger partial charge on any atom is 0.233 e. The van der Waals surface area contributed by atoms with Crippen molar-refractivity contribution in [2.24, 2.45) is 17.6 Å². The van der Waals surface area contributed by atoms with Gasteiger partial charge in [0.05, 0.1) is 24.9 Å². The van der Waals surface area contributed by atoms with E-state index in [0.717, 1.165) is 29.7 Å². The molecular weight excluding hydrogens is 272 g/mol. The number of fused-ring (bicyclic) bond motifs is 1. The van der Waals surface area contributed by atoms with Crippen LogP contribution in [0.5, 0.6) is 0 Å². The third-order valence-corrected chi connectivity index (χ3v) is 4.91. The second-order valence-electron chi connectivity index (χ2n) is 5.21. The Morgan fingerprint density at radius 2 is 2.00 bits per heavy atom. The first-order chi connectivity index (χ1) is 9.70. The third kappa shape index (κ3) is 2.26. The van der Waals surface area contributed by atoms with Crippen LogP contribution in [0.25, 0.3) is 0 Å². The van der Waals surface area contributed by atoms with Crippen LogP contribution >= 0.6 is 11.3 Å². The van der Waals surface area contributed by atoms with Gasteiger partial charge >= 0.3 is 0 Å². The lowest BCUT2D eigenvalue weighted by atomic mass is 10.00. The summed E-state index contributed by atoms with van der Waals surface area (Å²) in [5, 5.41) is 1.93. The zero-order valence-electron chi connectivity index (χ0n) is 11.1. The summed E-state index contributed by atoms with van der Waals surface area (Å²) in [6.07, 6.45) is 2.73. The van der Waals surface area contributed by atoms with E-state index in [4.69, 9.17) is 5.73 Å². The summed E-state index contributed by atoms with van der Waals surface area (Å²) in [5.41, 5.74) is 6.23. The van der Waals surface area contributed by atoms with Crippen molar-refractivity contribution < 1.29 is 9.59 Å². The van der Waals surface area contributed by atoms with Crippen LogP contribution in [0.4, 0.5) is 0 Å². The average molecular weight is 288 g/mol. The molecule has 4 nitrogen and oxygen atoms in total. The number of likely N-dealkylation sites (tertiary alicyclic amines) is 1. The summed E-state index contributed by atoms with van der Waals surface area (Å²) in [7, 11) is 0. The molecule has 3 rings (SSSR count). The molecule has 20 heavy (non-hydrogen) atoms. The molecular formula is C15H16N2O2S. The zero-order valence-corrected chi connectivity index (χ0v) is 11.9. The van der Waals surface area contributed by atoms with Crippen LogP contribution in [0.1, 0.15) is 29.7 Å². The second kappa shape index (κ2) is 5.39. The van der Waals surface area contributed by atoms with Crippen molar-refractivity contribution in [3.63, 3.8) is 0 Å². The van der Waals surface area contributed by atoms with E-state index in [2.05, 4.69) is 11.8 Å². The molecule has 0 aromatic carbocycles. The summed E-state index contributed by atoms with van der Waals surface area (Å²) < 4.78 is 0. The molecule has 2 heterocycles. The van der Waals surface area contributed by atoms with Crippen molar-refractivity contribution in [2.45, 2.75) is 25.8 Å². The molecule has 2 aliphatic rings. The third-order valence-electron chi connectivity index (χ3n) is 3.98. The zero-order chi connectivity index (χ0) is 14.1. The maximum absolute atomic E-state index is 12.2. The quantitative estimate of drug-likeness (QED) is 0.660. The standard InChI is InChI=1S/C15H16N2O2S/c16-6-2-3-10-7-11(20-9-10)8-17-14(18)12-4-1-5-13(12)15(17)19/h7,9,12-13H,1,4-6,8,16H2. The molecule has 2 fully saturated rings. The van der Waals surface area contributed by atoms with Crippen molar-refractivity contribution >= 4 is 23.2 Å². The van der Waals surface area contributed by atoms with Gasteiger partial charge in [-0.2, -0.15) is 0 Å². The monoisotopic (exact) mass is 288 g/mol. The van der Waals surface area contributed by atoms with Gasteiger partial charge in [0.15, 0.2) is 0 Å². The molecule has 1 saturated heterocycles. The lowest BCUT2D eigenvalue weighted by Crippen LogP contribution is -2.30. The Bertz CT molecular complexity index is 589. The fourth-order valence-electron chi connectivity index (χ4n) is 3.05. The average Bonchev–Trinajstić information content (AvgIpc) is 3.13. The van der Waals surface area contributed by atoms with Gasteiger partial charge in [-0.05, 0) is 18.9 Å². The number of hydrogen-bond donors (Lipinski definition) is 1. The van der Waals surface area contributed by atoms with Gasteiger partial charge in [0.2, 0.25) is 11.8 Å². The topological polar surface area (TPSA) is 63.4 Å². The molecule has 0 bridgehead atoms. The Labute approximate surface area is 121 Å². The number of carbonyl (C=O) groups is 2. The van der Waals surface area contributed by atoms with E-state index in [1.165, 1.54) is 16.2 Å². The molecule has 0 spiro atoms. The van der Waals surface area contributed by atoms with Crippen molar-refractivity contribution in [2.75, 3.05) is 6.54 Å². The number of thiophene rings is 1. The predicted molar refractivity (Wildman–Crippen MR) is 76.6 cm³/mol. The van der Waals surface area contributed by atoms with Gasteiger partial charge < -0.3 is 5.73 Å². The fourth-order valence-corrected chi connectivity index (χ4v) is 3.86. The Morgan fingerprint density at radius 1 is 1.30 bits per heavy atom. The molecule has 0 radical (unpaired) electrons. The minimum atomic E-state index is -0.0565. The van der Waals surface area contributed by atoms with Crippen LogP contribution in [0.15, 0.2) is 11.4 Å². The minimum absolute atomic E-state index is 0.0143. The number of carbonyl (C=O) groups excluding carboxylic acids is 2. The van der Waals surface area contributed by atoms with Crippen LogP contribution in [-0.2, 0) is 16.1 Å². The highest BCUT2D eigenvalue weighted by molar-refractivity contribution is 7.10. The number of nitrogens with zero attached hydrogens (tertiary/aromatic N) is 1. The van der Waals surface area contributed by atoms with E-state index in [9.17, 15) is 9.59 Å². The summed E-state index contributed by atoms with van der Waals surface area (Å²) in [6, 6.07) is 1.93. The van der Waals surface area contributed by atoms with Gasteiger partial charge in [-0.3, -0.25) is 14.5 Å². The fraction of sp³-hybridized carbons (Fsp3) is 0.467. The molecule has 2 unspecified atom stereocenters. The molecule has 1 aliphatic heterocycles. The molecule has 104 valence electrons. The lowest BCUT2D eigenvalue weighted by Gasteiger charge is -2.14. The first kappa shape index (κ1) is 13.3. The van der Waals surface area contributed by atoms with E-state index in [1.807, 2.05) is 11.4 Å². The molecule has 1 aromatic heterocycles.